The van der Waals surface area contributed by atoms with Crippen LogP contribution in [0.25, 0.3) is 9.75 Å². The molecule has 10 heteroatoms. The van der Waals surface area contributed by atoms with E-state index in [1.807, 2.05) is 23.7 Å². The highest BCUT2D eigenvalue weighted by atomic mass is 35.5. The molecular formula is C21H22ClNO6S2. The fourth-order valence-electron chi connectivity index (χ4n) is 3.66. The molecule has 0 unspecified atom stereocenters. The van der Waals surface area contributed by atoms with Gasteiger partial charge in [0.2, 0.25) is 0 Å². The fourth-order valence-corrected chi connectivity index (χ4v) is 5.67. The monoisotopic (exact) mass is 483 g/mol. The van der Waals surface area contributed by atoms with Crippen molar-refractivity contribution in [1.82, 2.24) is 4.98 Å². The van der Waals surface area contributed by atoms with Crippen molar-refractivity contribution in [3.63, 3.8) is 0 Å². The Hall–Kier alpha value is -1.40. The molecule has 1 aliphatic rings. The molecule has 1 saturated heterocycles. The van der Waals surface area contributed by atoms with Crippen molar-refractivity contribution < 1.29 is 30.3 Å². The van der Waals surface area contributed by atoms with Crippen molar-refractivity contribution in [3.8, 4) is 9.75 Å². The lowest BCUT2D eigenvalue weighted by molar-refractivity contribution is -0.232. The van der Waals surface area contributed by atoms with Crippen molar-refractivity contribution in [3.05, 3.63) is 62.6 Å². The zero-order chi connectivity index (χ0) is 22.1. The Morgan fingerprint density at radius 1 is 1.03 bits per heavy atom. The summed E-state index contributed by atoms with van der Waals surface area (Å²) >= 11 is 9.65. The lowest BCUT2D eigenvalue weighted by Crippen LogP contribution is -2.55. The maximum absolute atomic E-state index is 10.5. The molecule has 31 heavy (non-hydrogen) atoms. The van der Waals surface area contributed by atoms with Gasteiger partial charge in [-0.3, -0.25) is 0 Å². The zero-order valence-corrected chi connectivity index (χ0v) is 18.6. The lowest BCUT2D eigenvalue weighted by atomic mass is 9.88. The van der Waals surface area contributed by atoms with Crippen LogP contribution in [0.2, 0.25) is 5.02 Å². The summed E-state index contributed by atoms with van der Waals surface area (Å²) in [6.45, 7) is -0.884. The quantitative estimate of drug-likeness (QED) is 0.364. The molecule has 5 N–H and O–H groups in total. The van der Waals surface area contributed by atoms with Crippen LogP contribution in [-0.2, 0) is 17.8 Å². The third-order valence-corrected chi connectivity index (χ3v) is 7.75. The summed E-state index contributed by atoms with van der Waals surface area (Å²) in [7, 11) is 0. The standard InChI is InChI=1S/C21H22ClNO6S2/c22-13-5-11(8-24)12(21-20(28)19(27)18(26)14(9-25)29-21)4-10(13)6-17-23-7-16(31-17)15-2-1-3-30-15/h1-5,7,14,18-21,24-28H,6,8-9H2/t14-,18-,19+,20-,21+/m1/s1. The molecule has 3 aromatic rings. The van der Waals surface area contributed by atoms with E-state index in [2.05, 4.69) is 4.98 Å². The minimum Gasteiger partial charge on any atom is -0.394 e. The summed E-state index contributed by atoms with van der Waals surface area (Å²) in [6.07, 6.45) is -4.23. The van der Waals surface area contributed by atoms with Gasteiger partial charge in [-0.2, -0.15) is 0 Å². The van der Waals surface area contributed by atoms with E-state index in [-0.39, 0.29) is 6.61 Å². The summed E-state index contributed by atoms with van der Waals surface area (Å²) in [6, 6.07) is 7.33. The third-order valence-electron chi connectivity index (χ3n) is 5.34. The predicted molar refractivity (Wildman–Crippen MR) is 118 cm³/mol. The van der Waals surface area contributed by atoms with Gasteiger partial charge in [-0.1, -0.05) is 23.7 Å². The number of hydrogen-bond donors (Lipinski definition) is 5. The molecule has 5 atom stereocenters. The smallest absolute Gasteiger partial charge is 0.113 e. The van der Waals surface area contributed by atoms with Crippen LogP contribution in [-0.4, -0.2) is 61.5 Å². The van der Waals surface area contributed by atoms with Gasteiger partial charge in [-0.05, 0) is 34.2 Å². The van der Waals surface area contributed by atoms with Gasteiger partial charge in [0, 0.05) is 22.5 Å². The van der Waals surface area contributed by atoms with Crippen LogP contribution in [0.5, 0.6) is 0 Å². The Balaban J connectivity index is 1.66. The Morgan fingerprint density at radius 3 is 2.52 bits per heavy atom. The molecule has 0 amide bonds. The predicted octanol–water partition coefficient (Wildman–Crippen LogP) is 2.12. The van der Waals surface area contributed by atoms with Gasteiger partial charge in [-0.25, -0.2) is 4.98 Å². The van der Waals surface area contributed by atoms with Crippen LogP contribution in [0.4, 0.5) is 0 Å². The van der Waals surface area contributed by atoms with E-state index in [1.54, 1.807) is 34.8 Å². The maximum Gasteiger partial charge on any atom is 0.113 e. The zero-order valence-electron chi connectivity index (χ0n) is 16.3. The highest BCUT2D eigenvalue weighted by Crippen LogP contribution is 2.37. The summed E-state index contributed by atoms with van der Waals surface area (Å²) in [5.41, 5.74) is 1.59. The molecule has 0 spiro atoms. The number of nitrogens with zero attached hydrogens (tertiary/aromatic N) is 1. The van der Waals surface area contributed by atoms with Crippen LogP contribution in [0.15, 0.2) is 35.8 Å². The van der Waals surface area contributed by atoms with Gasteiger partial charge in [0.25, 0.3) is 0 Å². The molecule has 166 valence electrons. The number of ether oxygens (including phenoxy) is 1. The normalized spacial score (nSPS) is 26.3. The van der Waals surface area contributed by atoms with Crippen LogP contribution in [0.1, 0.15) is 27.8 Å². The van der Waals surface area contributed by atoms with Crippen molar-refractivity contribution in [2.24, 2.45) is 0 Å². The van der Waals surface area contributed by atoms with Crippen molar-refractivity contribution in [2.75, 3.05) is 6.61 Å². The van der Waals surface area contributed by atoms with Gasteiger partial charge in [0.15, 0.2) is 0 Å². The molecule has 0 bridgehead atoms. The fraction of sp³-hybridized carbons (Fsp3) is 0.381. The number of aliphatic hydroxyl groups is 5. The number of aromatic nitrogens is 1. The molecular weight excluding hydrogens is 462 g/mol. The molecule has 0 radical (unpaired) electrons. The Kier molecular flexibility index (Phi) is 7.07. The third kappa shape index (κ3) is 4.56. The molecule has 1 fully saturated rings. The van der Waals surface area contributed by atoms with E-state index in [0.717, 1.165) is 20.3 Å². The van der Waals surface area contributed by atoms with E-state index in [4.69, 9.17) is 16.3 Å². The minimum atomic E-state index is -1.51. The Morgan fingerprint density at radius 2 is 1.84 bits per heavy atom. The van der Waals surface area contributed by atoms with E-state index >= 15 is 0 Å². The van der Waals surface area contributed by atoms with Crippen molar-refractivity contribution >= 4 is 34.3 Å². The molecule has 1 aromatic carbocycles. The largest absolute Gasteiger partial charge is 0.394 e. The van der Waals surface area contributed by atoms with Crippen molar-refractivity contribution in [2.45, 2.75) is 43.5 Å². The van der Waals surface area contributed by atoms with E-state index in [9.17, 15) is 25.5 Å². The second kappa shape index (κ2) is 9.62. The number of thiazole rings is 1. The number of aliphatic hydroxyl groups excluding tert-OH is 5. The van der Waals surface area contributed by atoms with E-state index in [0.29, 0.717) is 22.6 Å². The minimum absolute atomic E-state index is 0.357. The van der Waals surface area contributed by atoms with Gasteiger partial charge in [0.1, 0.15) is 30.5 Å². The number of thiophene rings is 1. The number of halogens is 1. The lowest BCUT2D eigenvalue weighted by Gasteiger charge is -2.40. The molecule has 2 aromatic heterocycles. The van der Waals surface area contributed by atoms with E-state index < -0.39 is 37.1 Å². The van der Waals surface area contributed by atoms with Crippen LogP contribution in [0.3, 0.4) is 0 Å². The maximum atomic E-state index is 10.5. The first-order valence-corrected chi connectivity index (χ1v) is 11.7. The first kappa shape index (κ1) is 22.8. The SMILES string of the molecule is OCc1cc(Cl)c(Cc2ncc(-c3cccs3)s2)cc1[C@@H]1O[C@H](CO)[C@@H](O)[C@H](O)[C@H]1O. The number of hydrogen-bond acceptors (Lipinski definition) is 9. The molecule has 4 rings (SSSR count). The van der Waals surface area contributed by atoms with Crippen LogP contribution >= 0.6 is 34.3 Å². The van der Waals surface area contributed by atoms with Gasteiger partial charge in [0.05, 0.1) is 23.1 Å². The van der Waals surface area contributed by atoms with Gasteiger partial charge >= 0.3 is 0 Å². The molecule has 0 saturated carbocycles. The summed E-state index contributed by atoms with van der Waals surface area (Å²) < 4.78 is 5.68. The van der Waals surface area contributed by atoms with Crippen molar-refractivity contribution in [1.29, 1.82) is 0 Å². The van der Waals surface area contributed by atoms with Crippen LogP contribution < -0.4 is 0 Å². The average Bonchev–Trinajstić information content (AvgIpc) is 3.46. The summed E-state index contributed by atoms with van der Waals surface area (Å²) in [5.74, 6) is 0. The average molecular weight is 484 g/mol. The molecule has 1 aliphatic heterocycles. The summed E-state index contributed by atoms with van der Waals surface area (Å²) in [5, 5.41) is 53.3. The Bertz CT molecular complexity index is 1030. The molecule has 0 aliphatic carbocycles. The van der Waals surface area contributed by atoms with Gasteiger partial charge in [-0.15, -0.1) is 22.7 Å². The highest BCUT2D eigenvalue weighted by molar-refractivity contribution is 7.21. The first-order chi connectivity index (χ1) is 14.9. The highest BCUT2D eigenvalue weighted by Gasteiger charge is 2.44. The Labute approximate surface area is 191 Å². The molecule has 3 heterocycles. The second-order valence-corrected chi connectivity index (χ2v) is 9.79. The van der Waals surface area contributed by atoms with Gasteiger partial charge < -0.3 is 30.3 Å². The molecule has 7 nitrogen and oxygen atoms in total. The summed E-state index contributed by atoms with van der Waals surface area (Å²) in [4.78, 5) is 6.68. The van der Waals surface area contributed by atoms with Crippen LogP contribution in [0, 0.1) is 0 Å². The topological polar surface area (TPSA) is 123 Å². The first-order valence-electron chi connectivity index (χ1n) is 9.64. The number of rotatable bonds is 6. The second-order valence-electron chi connectivity index (χ2n) is 7.32. The van der Waals surface area contributed by atoms with E-state index in [1.165, 1.54) is 0 Å². The number of benzene rings is 1.